The van der Waals surface area contributed by atoms with Crippen LogP contribution in [0.25, 0.3) is 15.0 Å². The fourth-order valence-corrected chi connectivity index (χ4v) is 5.96. The third kappa shape index (κ3) is 5.03. The summed E-state index contributed by atoms with van der Waals surface area (Å²) in [5, 5.41) is 1.19. The topological polar surface area (TPSA) is 35.5 Å². The van der Waals surface area contributed by atoms with E-state index >= 15 is 0 Å². The van der Waals surface area contributed by atoms with Gasteiger partial charge in [0.25, 0.3) is 0 Å². The van der Waals surface area contributed by atoms with Gasteiger partial charge < -0.3 is 9.47 Å². The van der Waals surface area contributed by atoms with E-state index in [1.54, 1.807) is 19.9 Å². The van der Waals surface area contributed by atoms with Crippen LogP contribution in [0.1, 0.15) is 34.6 Å². The number of fused-ring (bicyclic) bond motifs is 1. The molecule has 170 valence electrons. The highest BCUT2D eigenvalue weighted by Crippen LogP contribution is 2.43. The van der Waals surface area contributed by atoms with Gasteiger partial charge in [-0.15, -0.1) is 13.2 Å². The molecule has 3 aromatic carbocycles. The molecule has 0 saturated heterocycles. The highest BCUT2D eigenvalue weighted by Gasteiger charge is 2.32. The molecule has 0 spiro atoms. The van der Waals surface area contributed by atoms with E-state index in [9.17, 15) is 18.0 Å². The molecule has 4 rings (SSSR count). The number of hydrogen-bond acceptors (Lipinski definition) is 3. The van der Waals surface area contributed by atoms with Gasteiger partial charge in [-0.2, -0.15) is 0 Å². The van der Waals surface area contributed by atoms with E-state index in [2.05, 4.69) is 29.9 Å². The predicted octanol–water partition coefficient (Wildman–Crippen LogP) is 7.88. The molecule has 0 fully saturated rings. The largest absolute Gasteiger partial charge is 0.573 e. The van der Waals surface area contributed by atoms with Gasteiger partial charge in [0.05, 0.1) is 5.56 Å². The summed E-state index contributed by atoms with van der Waals surface area (Å²) >= 11 is 0. The van der Waals surface area contributed by atoms with Crippen LogP contribution in [0, 0.1) is 6.92 Å². The number of ether oxygens (including phenoxy) is 2. The molecule has 1 atom stereocenters. The highest BCUT2D eigenvalue weighted by atomic mass is 32.2. The van der Waals surface area contributed by atoms with E-state index in [0.717, 1.165) is 4.90 Å². The number of aryl methyl sites for hydroxylation is 1. The summed E-state index contributed by atoms with van der Waals surface area (Å²) < 4.78 is 48.1. The molecule has 0 amide bonds. The number of benzene rings is 3. The summed E-state index contributed by atoms with van der Waals surface area (Å²) in [5.74, 6) is -0.836. The number of carbonyl (C=O) groups is 1. The predicted molar refractivity (Wildman–Crippen MR) is 124 cm³/mol. The first-order valence-corrected chi connectivity index (χ1v) is 11.5. The molecule has 0 aliphatic rings. The van der Waals surface area contributed by atoms with Crippen molar-refractivity contribution in [2.75, 3.05) is 0 Å². The Balaban J connectivity index is 1.57. The Hall–Kier alpha value is -3.32. The lowest BCUT2D eigenvalue weighted by atomic mass is 9.98. The van der Waals surface area contributed by atoms with E-state index in [1.165, 1.54) is 39.2 Å². The van der Waals surface area contributed by atoms with Gasteiger partial charge in [0, 0.05) is 34.9 Å². The minimum atomic E-state index is -4.76. The maximum Gasteiger partial charge on any atom is 0.573 e. The molecule has 7 heteroatoms. The van der Waals surface area contributed by atoms with Crippen LogP contribution in [-0.4, -0.2) is 12.3 Å². The number of hydrogen-bond donors (Lipinski definition) is 0. The molecule has 0 saturated carbocycles. The minimum Gasteiger partial charge on any atom is -0.451 e. The van der Waals surface area contributed by atoms with Gasteiger partial charge in [0.2, 0.25) is 0 Å². The lowest BCUT2D eigenvalue weighted by Gasteiger charge is -2.26. The van der Waals surface area contributed by atoms with E-state index in [4.69, 9.17) is 4.74 Å². The van der Waals surface area contributed by atoms with Crippen molar-refractivity contribution in [1.82, 2.24) is 0 Å². The van der Waals surface area contributed by atoms with Crippen LogP contribution in [-0.2, 0) is 10.3 Å². The average Bonchev–Trinajstić information content (AvgIpc) is 3.08. The fraction of sp³-hybridized carbons (Fsp3) is 0.192. The lowest BCUT2D eigenvalue weighted by molar-refractivity contribution is -0.274. The third-order valence-electron chi connectivity index (χ3n) is 5.26. The molecule has 33 heavy (non-hydrogen) atoms. The second kappa shape index (κ2) is 8.56. The van der Waals surface area contributed by atoms with Crippen LogP contribution in [0.15, 0.2) is 78.9 Å². The Labute approximate surface area is 192 Å². The second-order valence-corrected chi connectivity index (χ2v) is 10.3. The summed E-state index contributed by atoms with van der Waals surface area (Å²) in [4.78, 5) is 15.2. The maximum atomic E-state index is 13.0. The van der Waals surface area contributed by atoms with Gasteiger partial charge in [0.1, 0.15) is 11.4 Å². The zero-order chi connectivity index (χ0) is 23.8. The van der Waals surface area contributed by atoms with Crippen molar-refractivity contribution in [3.8, 4) is 10.6 Å². The number of esters is 1. The molecule has 0 aliphatic carbocycles. The monoisotopic (exact) mass is 471 g/mol. The van der Waals surface area contributed by atoms with Gasteiger partial charge in [-0.25, -0.2) is 4.79 Å². The van der Waals surface area contributed by atoms with Gasteiger partial charge in [-0.1, -0.05) is 30.3 Å². The van der Waals surface area contributed by atoms with Gasteiger partial charge in [-0.05, 0) is 55.8 Å². The molecule has 1 heterocycles. The Kier molecular flexibility index (Phi) is 5.93. The number of rotatable bonds is 5. The van der Waals surface area contributed by atoms with Crippen molar-refractivity contribution < 1.29 is 27.4 Å². The Morgan fingerprint density at radius 2 is 1.58 bits per heavy atom. The minimum absolute atomic E-state index is 0.260. The summed E-state index contributed by atoms with van der Waals surface area (Å²) in [6.07, 6.45) is -4.76. The first-order chi connectivity index (χ1) is 15.5. The average molecular weight is 472 g/mol. The number of alkyl halides is 3. The zero-order valence-corrected chi connectivity index (χ0v) is 19.1. The molecule has 0 aliphatic heterocycles. The Morgan fingerprint density at radius 1 is 0.879 bits per heavy atom. The molecule has 0 bridgehead atoms. The zero-order valence-electron chi connectivity index (χ0n) is 18.3. The molecule has 0 N–H and O–H groups in total. The lowest BCUT2D eigenvalue weighted by Crippen LogP contribution is -2.25. The van der Waals surface area contributed by atoms with Crippen molar-refractivity contribution >= 4 is 26.5 Å². The molecule has 1 unspecified atom stereocenters. The van der Waals surface area contributed by atoms with E-state index in [-0.39, 0.29) is 16.2 Å². The van der Waals surface area contributed by atoms with Crippen molar-refractivity contribution in [2.45, 2.75) is 32.7 Å². The van der Waals surface area contributed by atoms with Crippen LogP contribution < -0.4 is 4.74 Å². The Bertz CT molecular complexity index is 1300. The molecule has 4 aromatic rings. The molecule has 1 aromatic heterocycles. The van der Waals surface area contributed by atoms with Crippen molar-refractivity contribution in [3.05, 3.63) is 94.9 Å². The van der Waals surface area contributed by atoms with Crippen molar-refractivity contribution in [1.29, 1.82) is 0 Å². The van der Waals surface area contributed by atoms with Gasteiger partial charge in [0.15, 0.2) is 14.5 Å². The van der Waals surface area contributed by atoms with Crippen molar-refractivity contribution in [2.24, 2.45) is 0 Å². The van der Waals surface area contributed by atoms with Crippen LogP contribution in [0.2, 0.25) is 0 Å². The molecular weight excluding hydrogens is 449 g/mol. The van der Waals surface area contributed by atoms with Gasteiger partial charge in [-0.3, -0.25) is 0 Å². The number of thiophene rings is 1. The smallest absolute Gasteiger partial charge is 0.451 e. The standard InChI is InChI=1S/C26H22F3O3S/c1-17-15-18-7-4-5-10-23(18)33(17)22-9-6-8-19(16-22)24(30)32-25(2,3)20-11-13-21(14-12-20)31-26(27,28)29/h4-16H,1-3H3/q+1. The van der Waals surface area contributed by atoms with Crippen LogP contribution in [0.3, 0.4) is 0 Å². The van der Waals surface area contributed by atoms with Crippen molar-refractivity contribution in [3.63, 3.8) is 0 Å². The van der Waals surface area contributed by atoms with E-state index in [0.29, 0.717) is 11.1 Å². The van der Waals surface area contributed by atoms with E-state index < -0.39 is 17.9 Å². The van der Waals surface area contributed by atoms with Crippen LogP contribution >= 0.6 is 10.5 Å². The maximum absolute atomic E-state index is 13.0. The Morgan fingerprint density at radius 3 is 2.27 bits per heavy atom. The summed E-state index contributed by atoms with van der Waals surface area (Å²) in [6, 6.07) is 23.1. The van der Waals surface area contributed by atoms with E-state index in [1.807, 2.05) is 30.3 Å². The summed E-state index contributed by atoms with van der Waals surface area (Å²) in [5.41, 5.74) is -0.0868. The SMILES string of the molecule is Cc1cc2ccccc2[s+]1-c1cccc(C(=O)OC(C)(C)c2ccc(OC(F)(F)F)cc2)c1. The molecular formula is C26H22F3O3S+. The first-order valence-electron chi connectivity index (χ1n) is 10.2. The van der Waals surface area contributed by atoms with Crippen LogP contribution in [0.4, 0.5) is 13.2 Å². The summed E-state index contributed by atoms with van der Waals surface area (Å²) in [6.45, 7) is 5.47. The molecule has 3 nitrogen and oxygen atoms in total. The van der Waals surface area contributed by atoms with Gasteiger partial charge >= 0.3 is 12.3 Å². The first kappa shape index (κ1) is 22.9. The fourth-order valence-electron chi connectivity index (χ4n) is 3.71. The third-order valence-corrected chi connectivity index (χ3v) is 7.55. The highest BCUT2D eigenvalue weighted by molar-refractivity contribution is 7.45. The molecule has 0 radical (unpaired) electrons. The second-order valence-electron chi connectivity index (χ2n) is 8.10. The summed E-state index contributed by atoms with van der Waals surface area (Å²) in [7, 11) is -0.260. The number of halogens is 3. The normalized spacial score (nSPS) is 12.6. The quantitative estimate of drug-likeness (QED) is 0.219. The van der Waals surface area contributed by atoms with Crippen LogP contribution in [0.5, 0.6) is 5.75 Å². The number of carbonyl (C=O) groups excluding carboxylic acids is 1.